The summed E-state index contributed by atoms with van der Waals surface area (Å²) < 4.78 is 1.10. The summed E-state index contributed by atoms with van der Waals surface area (Å²) in [6.07, 6.45) is 2.89. The third kappa shape index (κ3) is 3.46. The molecule has 0 bridgehead atoms. The minimum atomic E-state index is 1.08. The number of rotatable bonds is 2. The lowest BCUT2D eigenvalue weighted by molar-refractivity contribution is 1.10. The first-order valence-corrected chi connectivity index (χ1v) is 3.79. The Bertz CT molecular complexity index is 136. The summed E-state index contributed by atoms with van der Waals surface area (Å²) in [4.78, 5) is 3.87. The van der Waals surface area contributed by atoms with Gasteiger partial charge in [-0.2, -0.15) is 0 Å². The Labute approximate surface area is 65.0 Å². The highest BCUT2D eigenvalue weighted by Crippen LogP contribution is 2.11. The Morgan fingerprint density at radius 3 is 2.56 bits per heavy atom. The lowest BCUT2D eigenvalue weighted by atomic mass is 10.2. The van der Waals surface area contributed by atoms with Gasteiger partial charge in [-0.15, -0.1) is 0 Å². The molecule has 0 aliphatic heterocycles. The van der Waals surface area contributed by atoms with Crippen molar-refractivity contribution in [3.8, 4) is 0 Å². The van der Waals surface area contributed by atoms with E-state index in [1.165, 1.54) is 5.57 Å². The zero-order valence-corrected chi connectivity index (χ0v) is 7.70. The van der Waals surface area contributed by atoms with Crippen molar-refractivity contribution in [3.05, 3.63) is 10.1 Å². The summed E-state index contributed by atoms with van der Waals surface area (Å²) in [6.45, 7) is 4.21. The highest BCUT2D eigenvalue weighted by Gasteiger charge is 1.89. The van der Waals surface area contributed by atoms with Gasteiger partial charge in [-0.05, 0) is 29.3 Å². The fourth-order valence-corrected chi connectivity index (χ4v) is 0.878. The van der Waals surface area contributed by atoms with Crippen LogP contribution in [0, 0.1) is 0 Å². The summed E-state index contributed by atoms with van der Waals surface area (Å²) in [7, 11) is 1.77. The molecular formula is C7H12BrN. The normalized spacial score (nSPS) is 14.2. The van der Waals surface area contributed by atoms with Crippen LogP contribution in [0.2, 0.25) is 0 Å². The SMILES string of the molecule is CC/C(C)=C(/Br)C=NC. The molecule has 52 valence electrons. The molecule has 0 unspecified atom stereocenters. The van der Waals surface area contributed by atoms with Crippen LogP contribution in [0.25, 0.3) is 0 Å². The van der Waals surface area contributed by atoms with Gasteiger partial charge in [-0.3, -0.25) is 4.99 Å². The molecule has 0 saturated carbocycles. The molecule has 0 aliphatic carbocycles. The summed E-state index contributed by atoms with van der Waals surface area (Å²) in [6, 6.07) is 0. The number of hydrogen-bond donors (Lipinski definition) is 0. The van der Waals surface area contributed by atoms with Crippen LogP contribution in [0.15, 0.2) is 15.0 Å². The zero-order chi connectivity index (χ0) is 7.28. The van der Waals surface area contributed by atoms with Crippen molar-refractivity contribution >= 4 is 22.1 Å². The number of hydrogen-bond acceptors (Lipinski definition) is 1. The average molecular weight is 190 g/mol. The molecule has 0 aliphatic rings. The third-order valence-electron chi connectivity index (χ3n) is 1.18. The molecule has 0 amide bonds. The molecule has 0 heterocycles. The molecule has 0 spiro atoms. The van der Waals surface area contributed by atoms with Crippen LogP contribution >= 0.6 is 15.9 Å². The van der Waals surface area contributed by atoms with Gasteiger partial charge in [0.1, 0.15) is 0 Å². The molecule has 0 N–H and O–H groups in total. The van der Waals surface area contributed by atoms with E-state index in [1.54, 1.807) is 7.05 Å². The smallest absolute Gasteiger partial charge is 0.0350 e. The van der Waals surface area contributed by atoms with E-state index in [0.29, 0.717) is 0 Å². The predicted octanol–water partition coefficient (Wildman–Crippen LogP) is 2.77. The van der Waals surface area contributed by atoms with E-state index in [0.717, 1.165) is 10.9 Å². The highest BCUT2D eigenvalue weighted by atomic mass is 79.9. The average Bonchev–Trinajstić information content (AvgIpc) is 1.87. The Hall–Kier alpha value is -0.110. The Morgan fingerprint density at radius 1 is 1.67 bits per heavy atom. The first kappa shape index (κ1) is 8.89. The lowest BCUT2D eigenvalue weighted by Crippen LogP contribution is -1.79. The van der Waals surface area contributed by atoms with Crippen LogP contribution in [0.1, 0.15) is 20.3 Å². The summed E-state index contributed by atoms with van der Waals surface area (Å²) >= 11 is 3.39. The Balaban J connectivity index is 4.10. The van der Waals surface area contributed by atoms with E-state index in [9.17, 15) is 0 Å². The quantitative estimate of drug-likeness (QED) is 0.593. The second kappa shape index (κ2) is 4.74. The van der Waals surface area contributed by atoms with Gasteiger partial charge in [0.2, 0.25) is 0 Å². The monoisotopic (exact) mass is 189 g/mol. The van der Waals surface area contributed by atoms with E-state index in [2.05, 4.69) is 34.8 Å². The van der Waals surface area contributed by atoms with Crippen LogP contribution in [0.3, 0.4) is 0 Å². The van der Waals surface area contributed by atoms with Crippen molar-refractivity contribution in [1.82, 2.24) is 0 Å². The van der Waals surface area contributed by atoms with Crippen LogP contribution < -0.4 is 0 Å². The molecule has 0 aromatic rings. The molecule has 2 heteroatoms. The van der Waals surface area contributed by atoms with Crippen molar-refractivity contribution in [2.75, 3.05) is 7.05 Å². The minimum absolute atomic E-state index is 1.08. The highest BCUT2D eigenvalue weighted by molar-refractivity contribution is 9.12. The first-order valence-electron chi connectivity index (χ1n) is 2.99. The minimum Gasteiger partial charge on any atom is -0.295 e. The van der Waals surface area contributed by atoms with E-state index in [1.807, 2.05) is 6.21 Å². The maximum Gasteiger partial charge on any atom is 0.0350 e. The Morgan fingerprint density at radius 2 is 2.22 bits per heavy atom. The maximum atomic E-state index is 3.87. The molecule has 0 fully saturated rings. The van der Waals surface area contributed by atoms with Gasteiger partial charge in [-0.25, -0.2) is 0 Å². The van der Waals surface area contributed by atoms with Crippen molar-refractivity contribution in [2.24, 2.45) is 4.99 Å². The first-order chi connectivity index (χ1) is 4.22. The topological polar surface area (TPSA) is 12.4 Å². The molecular weight excluding hydrogens is 178 g/mol. The fraction of sp³-hybridized carbons (Fsp3) is 0.571. The van der Waals surface area contributed by atoms with Crippen LogP contribution in [0.4, 0.5) is 0 Å². The second-order valence-electron chi connectivity index (χ2n) is 1.87. The molecule has 0 rings (SSSR count). The number of allylic oxidation sites excluding steroid dienone is 2. The van der Waals surface area contributed by atoms with Gasteiger partial charge in [0, 0.05) is 17.7 Å². The van der Waals surface area contributed by atoms with Gasteiger partial charge in [0.15, 0.2) is 0 Å². The van der Waals surface area contributed by atoms with Crippen molar-refractivity contribution < 1.29 is 0 Å². The zero-order valence-electron chi connectivity index (χ0n) is 6.11. The molecule has 0 aromatic heterocycles. The van der Waals surface area contributed by atoms with Crippen molar-refractivity contribution in [2.45, 2.75) is 20.3 Å². The van der Waals surface area contributed by atoms with E-state index < -0.39 is 0 Å². The summed E-state index contributed by atoms with van der Waals surface area (Å²) in [5, 5.41) is 0. The molecule has 9 heavy (non-hydrogen) atoms. The third-order valence-corrected chi connectivity index (χ3v) is 2.06. The second-order valence-corrected chi connectivity index (χ2v) is 2.72. The number of nitrogens with zero attached hydrogens (tertiary/aromatic N) is 1. The van der Waals surface area contributed by atoms with Gasteiger partial charge in [0.05, 0.1) is 0 Å². The van der Waals surface area contributed by atoms with Crippen LogP contribution in [-0.2, 0) is 0 Å². The molecule has 0 saturated heterocycles. The largest absolute Gasteiger partial charge is 0.295 e. The number of halogens is 1. The summed E-state index contributed by atoms with van der Waals surface area (Å²) in [5.41, 5.74) is 1.33. The molecule has 0 aromatic carbocycles. The van der Waals surface area contributed by atoms with E-state index in [4.69, 9.17) is 0 Å². The van der Waals surface area contributed by atoms with Crippen molar-refractivity contribution in [3.63, 3.8) is 0 Å². The Kier molecular flexibility index (Phi) is 4.68. The van der Waals surface area contributed by atoms with Crippen molar-refractivity contribution in [1.29, 1.82) is 0 Å². The molecule has 1 nitrogen and oxygen atoms in total. The summed E-state index contributed by atoms with van der Waals surface area (Å²) in [5.74, 6) is 0. The van der Waals surface area contributed by atoms with Crippen LogP contribution in [0.5, 0.6) is 0 Å². The van der Waals surface area contributed by atoms with Gasteiger partial charge in [-0.1, -0.05) is 12.5 Å². The standard InChI is InChI=1S/C7H12BrN/c1-4-6(2)7(8)5-9-3/h5H,4H2,1-3H3/b7-6+,9-5?. The maximum absolute atomic E-state index is 3.87. The molecule has 0 radical (unpaired) electrons. The molecule has 0 atom stereocenters. The number of aliphatic imine (C=N–C) groups is 1. The van der Waals surface area contributed by atoms with Gasteiger partial charge < -0.3 is 0 Å². The lowest BCUT2D eigenvalue weighted by Gasteiger charge is -1.94. The predicted molar refractivity (Wildman–Crippen MR) is 46.3 cm³/mol. The van der Waals surface area contributed by atoms with E-state index >= 15 is 0 Å². The van der Waals surface area contributed by atoms with Gasteiger partial charge >= 0.3 is 0 Å². The fourth-order valence-electron chi connectivity index (χ4n) is 0.392. The van der Waals surface area contributed by atoms with Crippen LogP contribution in [-0.4, -0.2) is 13.3 Å². The van der Waals surface area contributed by atoms with E-state index in [-0.39, 0.29) is 0 Å². The van der Waals surface area contributed by atoms with Gasteiger partial charge in [0.25, 0.3) is 0 Å².